The van der Waals surface area contributed by atoms with Crippen molar-refractivity contribution in [2.75, 3.05) is 6.54 Å². The topological polar surface area (TPSA) is 107 Å². The van der Waals surface area contributed by atoms with Gasteiger partial charge in [-0.3, -0.25) is 14.5 Å². The first-order valence-corrected chi connectivity index (χ1v) is 11.1. The fourth-order valence-electron chi connectivity index (χ4n) is 4.13. The van der Waals surface area contributed by atoms with Crippen LogP contribution in [0.3, 0.4) is 0 Å². The van der Waals surface area contributed by atoms with Crippen molar-refractivity contribution in [2.24, 2.45) is 11.1 Å². The first-order chi connectivity index (χ1) is 16.8. The van der Waals surface area contributed by atoms with Crippen molar-refractivity contribution in [1.82, 2.24) is 4.90 Å². The molecule has 0 aliphatic carbocycles. The first kappa shape index (κ1) is 24.1. The van der Waals surface area contributed by atoms with Gasteiger partial charge in [-0.1, -0.05) is 65.3 Å². The third kappa shape index (κ3) is 4.79. The zero-order valence-corrected chi connectivity index (χ0v) is 19.0. The number of carbonyl (C=O) groups excluding carboxylic acids is 2. The zero-order chi connectivity index (χ0) is 25.1. The van der Waals surface area contributed by atoms with Crippen molar-refractivity contribution in [2.45, 2.75) is 12.6 Å². The molecular formula is C26H20ClFN2O5. The summed E-state index contributed by atoms with van der Waals surface area (Å²) in [5, 5.41) is 22.8. The molecule has 0 fully saturated rings. The molecule has 2 unspecified atom stereocenters. The summed E-state index contributed by atoms with van der Waals surface area (Å²) in [7, 11) is 0. The van der Waals surface area contributed by atoms with Gasteiger partial charge in [-0.25, -0.2) is 9.18 Å². The molecule has 2 N–H and O–H groups in total. The van der Waals surface area contributed by atoms with Gasteiger partial charge in [-0.2, -0.15) is 0 Å². The number of hydrogen-bond donors (Lipinski definition) is 2. The lowest BCUT2D eigenvalue weighted by Gasteiger charge is -2.22. The Morgan fingerprint density at radius 1 is 0.914 bits per heavy atom. The number of oxime groups is 1. The monoisotopic (exact) mass is 494 g/mol. The summed E-state index contributed by atoms with van der Waals surface area (Å²) in [4.78, 5) is 37.7. The number of hydrogen-bond acceptors (Lipinski definition) is 5. The van der Waals surface area contributed by atoms with Crippen LogP contribution < -0.4 is 0 Å². The molecule has 0 radical (unpaired) electrons. The number of halogens is 2. The Morgan fingerprint density at radius 2 is 1.43 bits per heavy atom. The Balaban J connectivity index is 1.57. The van der Waals surface area contributed by atoms with Crippen molar-refractivity contribution in [3.8, 4) is 11.1 Å². The van der Waals surface area contributed by atoms with Crippen LogP contribution in [-0.4, -0.2) is 51.4 Å². The molecule has 2 atom stereocenters. The molecule has 0 spiro atoms. The average Bonchev–Trinajstić information content (AvgIpc) is 3.11. The van der Waals surface area contributed by atoms with E-state index >= 15 is 0 Å². The van der Waals surface area contributed by atoms with E-state index in [1.807, 2.05) is 12.1 Å². The van der Waals surface area contributed by atoms with Gasteiger partial charge in [0.1, 0.15) is 0 Å². The fourth-order valence-corrected chi connectivity index (χ4v) is 4.25. The zero-order valence-electron chi connectivity index (χ0n) is 18.3. The minimum atomic E-state index is -2.42. The second-order valence-electron chi connectivity index (χ2n) is 8.01. The Morgan fingerprint density at radius 3 is 1.91 bits per heavy atom. The number of alkyl halides is 1. The lowest BCUT2D eigenvalue weighted by atomic mass is 9.88. The van der Waals surface area contributed by atoms with Gasteiger partial charge in [0.15, 0.2) is 0 Å². The number of imide groups is 1. The van der Waals surface area contributed by atoms with E-state index in [1.165, 1.54) is 12.1 Å². The predicted octanol–water partition coefficient (Wildman–Crippen LogP) is 4.91. The third-order valence-electron chi connectivity index (χ3n) is 5.95. The maximum atomic E-state index is 14.8. The first-order valence-electron chi connectivity index (χ1n) is 10.7. The molecule has 9 heteroatoms. The lowest BCUT2D eigenvalue weighted by Crippen LogP contribution is -2.37. The summed E-state index contributed by atoms with van der Waals surface area (Å²) < 4.78 is 14.8. The highest BCUT2D eigenvalue weighted by molar-refractivity contribution is 6.30. The number of aliphatic carboxylic acids is 1. The van der Waals surface area contributed by atoms with Crippen LogP contribution in [0.4, 0.5) is 4.39 Å². The number of carbonyl (C=O) groups is 3. The summed E-state index contributed by atoms with van der Waals surface area (Å²) in [5.74, 6) is -4.23. The largest absolute Gasteiger partial charge is 0.479 e. The number of carboxylic acid groups (broad SMARTS) is 1. The molecular weight excluding hydrogens is 475 g/mol. The Bertz CT molecular complexity index is 1270. The molecule has 7 nitrogen and oxygen atoms in total. The maximum Gasteiger partial charge on any atom is 0.339 e. The van der Waals surface area contributed by atoms with Crippen molar-refractivity contribution in [1.29, 1.82) is 0 Å². The van der Waals surface area contributed by atoms with E-state index in [0.717, 1.165) is 16.0 Å². The smallest absolute Gasteiger partial charge is 0.339 e. The molecule has 0 saturated heterocycles. The number of carboxylic acids is 1. The molecule has 0 bridgehead atoms. The molecule has 1 heterocycles. The molecule has 1 aliphatic rings. The highest BCUT2D eigenvalue weighted by atomic mass is 35.5. The third-order valence-corrected chi connectivity index (χ3v) is 6.20. The fraction of sp³-hybridized carbons (Fsp3) is 0.154. The minimum absolute atomic E-state index is 0.195. The summed E-state index contributed by atoms with van der Waals surface area (Å²) >= 11 is 5.92. The van der Waals surface area contributed by atoms with Crippen molar-refractivity contribution in [3.63, 3.8) is 0 Å². The van der Waals surface area contributed by atoms with Crippen LogP contribution in [0.2, 0.25) is 5.02 Å². The van der Waals surface area contributed by atoms with Crippen LogP contribution in [0.25, 0.3) is 11.1 Å². The quantitative estimate of drug-likeness (QED) is 0.200. The van der Waals surface area contributed by atoms with Gasteiger partial charge in [0, 0.05) is 17.5 Å². The van der Waals surface area contributed by atoms with E-state index in [9.17, 15) is 29.1 Å². The van der Waals surface area contributed by atoms with Crippen LogP contribution >= 0.6 is 11.6 Å². The van der Waals surface area contributed by atoms with Gasteiger partial charge in [-0.05, 0) is 47.4 Å². The van der Waals surface area contributed by atoms with Crippen molar-refractivity contribution >= 4 is 35.1 Å². The van der Waals surface area contributed by atoms with Gasteiger partial charge in [0.25, 0.3) is 11.8 Å². The van der Waals surface area contributed by atoms with Crippen LogP contribution in [-0.2, 0) is 4.79 Å². The molecule has 0 saturated carbocycles. The summed E-state index contributed by atoms with van der Waals surface area (Å²) in [6.45, 7) is -0.243. The highest BCUT2D eigenvalue weighted by Gasteiger charge is 2.38. The van der Waals surface area contributed by atoms with E-state index in [4.69, 9.17) is 11.6 Å². The average molecular weight is 495 g/mol. The highest BCUT2D eigenvalue weighted by Crippen LogP contribution is 2.28. The van der Waals surface area contributed by atoms with E-state index in [-0.39, 0.29) is 29.8 Å². The van der Waals surface area contributed by atoms with Gasteiger partial charge in [0.05, 0.1) is 16.8 Å². The van der Waals surface area contributed by atoms with Crippen LogP contribution in [0, 0.1) is 5.92 Å². The van der Waals surface area contributed by atoms with E-state index in [2.05, 4.69) is 5.16 Å². The molecule has 178 valence electrons. The Hall–Kier alpha value is -4.04. The second-order valence-corrected chi connectivity index (χ2v) is 8.45. The van der Waals surface area contributed by atoms with Gasteiger partial charge in [-0.15, -0.1) is 0 Å². The van der Waals surface area contributed by atoms with Crippen LogP contribution in [0.5, 0.6) is 0 Å². The minimum Gasteiger partial charge on any atom is -0.479 e. The van der Waals surface area contributed by atoms with E-state index in [1.54, 1.807) is 48.5 Å². The molecule has 3 aromatic carbocycles. The van der Waals surface area contributed by atoms with E-state index in [0.29, 0.717) is 10.6 Å². The normalized spacial score (nSPS) is 15.1. The lowest BCUT2D eigenvalue weighted by molar-refractivity contribution is -0.144. The molecule has 35 heavy (non-hydrogen) atoms. The number of benzene rings is 3. The van der Waals surface area contributed by atoms with Gasteiger partial charge < -0.3 is 10.3 Å². The standard InChI is InChI=1S/C26H20ClFN2O5/c27-18-11-9-16(10-12-18)15-5-7-17(8-6-15)23(29-35)21(22(28)26(33)34)13-14-30-24(31)19-3-1-2-4-20(19)25(30)32/h1-12,21-22,35H,13-14H2,(H,33,34). The molecule has 1 aliphatic heterocycles. The molecule has 0 aromatic heterocycles. The summed E-state index contributed by atoms with van der Waals surface area (Å²) in [5.41, 5.74) is 2.27. The molecule has 4 rings (SSSR count). The van der Waals surface area contributed by atoms with Crippen molar-refractivity contribution < 1.29 is 29.1 Å². The number of fused-ring (bicyclic) bond motifs is 1. The number of amides is 2. The van der Waals surface area contributed by atoms with Crippen LogP contribution in [0.15, 0.2) is 78.0 Å². The van der Waals surface area contributed by atoms with Gasteiger partial charge >= 0.3 is 5.97 Å². The molecule has 2 amide bonds. The summed E-state index contributed by atoms with van der Waals surface area (Å²) in [6, 6.07) is 20.0. The second kappa shape index (κ2) is 10.1. The predicted molar refractivity (Wildman–Crippen MR) is 128 cm³/mol. The number of nitrogens with zero attached hydrogens (tertiary/aromatic N) is 2. The van der Waals surface area contributed by atoms with E-state index < -0.39 is 29.9 Å². The van der Waals surface area contributed by atoms with Crippen LogP contribution in [0.1, 0.15) is 32.7 Å². The SMILES string of the molecule is O=C(O)C(F)C(CCN1C(=O)c2ccccc2C1=O)C(=NO)c1ccc(-c2ccc(Cl)cc2)cc1. The Kier molecular flexibility index (Phi) is 6.93. The van der Waals surface area contributed by atoms with Crippen molar-refractivity contribution in [3.05, 3.63) is 94.5 Å². The molecule has 3 aromatic rings. The summed E-state index contributed by atoms with van der Waals surface area (Å²) in [6.07, 6.45) is -2.68. The maximum absolute atomic E-state index is 14.8. The number of rotatable bonds is 8. The van der Waals surface area contributed by atoms with Gasteiger partial charge in [0.2, 0.25) is 6.17 Å². The Labute approximate surface area is 205 Å².